The lowest BCUT2D eigenvalue weighted by Gasteiger charge is -2.04. The molecule has 0 atom stereocenters. The molecule has 0 aliphatic rings. The predicted molar refractivity (Wildman–Crippen MR) is 55.2 cm³/mol. The smallest absolute Gasteiger partial charge is 0.387 e. The van der Waals surface area contributed by atoms with Gasteiger partial charge in [-0.05, 0) is 30.3 Å². The molecule has 0 radical (unpaired) electrons. The standard InChI is InChI=1S/C12H8F2O3/c13-12(14)17-10-3-1-8(2-4-10)11(15)9-5-6-16-7-9/h1-7,12H. The van der Waals surface area contributed by atoms with Crippen LogP contribution in [0, 0.1) is 0 Å². The Morgan fingerprint density at radius 3 is 2.35 bits per heavy atom. The number of carbonyl (C=O) groups is 1. The lowest BCUT2D eigenvalue weighted by Crippen LogP contribution is -2.03. The van der Waals surface area contributed by atoms with E-state index in [0.717, 1.165) is 0 Å². The van der Waals surface area contributed by atoms with E-state index in [0.29, 0.717) is 11.1 Å². The summed E-state index contributed by atoms with van der Waals surface area (Å²) in [5.41, 5.74) is 0.792. The van der Waals surface area contributed by atoms with Gasteiger partial charge in [0.25, 0.3) is 0 Å². The molecular weight excluding hydrogens is 230 g/mol. The summed E-state index contributed by atoms with van der Waals surface area (Å²) in [6, 6.07) is 7.02. The first kappa shape index (κ1) is 11.3. The quantitative estimate of drug-likeness (QED) is 0.768. The highest BCUT2D eigenvalue weighted by atomic mass is 19.3. The summed E-state index contributed by atoms with van der Waals surface area (Å²) in [4.78, 5) is 11.8. The van der Waals surface area contributed by atoms with E-state index in [-0.39, 0.29) is 11.5 Å². The molecular formula is C12H8F2O3. The van der Waals surface area contributed by atoms with Crippen molar-refractivity contribution in [3.05, 3.63) is 54.0 Å². The number of ether oxygens (including phenoxy) is 1. The molecule has 0 bridgehead atoms. The average Bonchev–Trinajstić information content (AvgIpc) is 2.82. The van der Waals surface area contributed by atoms with Crippen molar-refractivity contribution in [3.63, 3.8) is 0 Å². The highest BCUT2D eigenvalue weighted by Crippen LogP contribution is 2.17. The molecule has 1 aromatic heterocycles. The minimum Gasteiger partial charge on any atom is -0.472 e. The normalized spacial score (nSPS) is 10.5. The van der Waals surface area contributed by atoms with Crippen molar-refractivity contribution >= 4 is 5.78 Å². The monoisotopic (exact) mass is 238 g/mol. The number of alkyl halides is 2. The van der Waals surface area contributed by atoms with Gasteiger partial charge in [0.15, 0.2) is 5.78 Å². The number of benzene rings is 1. The molecule has 88 valence electrons. The van der Waals surface area contributed by atoms with Crippen LogP contribution in [0.4, 0.5) is 8.78 Å². The summed E-state index contributed by atoms with van der Waals surface area (Å²) in [6.07, 6.45) is 2.72. The van der Waals surface area contributed by atoms with Crippen LogP contribution in [0.1, 0.15) is 15.9 Å². The second-order valence-electron chi connectivity index (χ2n) is 3.24. The molecule has 3 nitrogen and oxygen atoms in total. The number of rotatable bonds is 4. The Hall–Kier alpha value is -2.17. The Bertz CT molecular complexity index is 489. The van der Waals surface area contributed by atoms with E-state index in [9.17, 15) is 13.6 Å². The molecule has 0 fully saturated rings. The highest BCUT2D eigenvalue weighted by molar-refractivity contribution is 6.08. The number of carbonyl (C=O) groups excluding carboxylic acids is 1. The van der Waals surface area contributed by atoms with Crippen LogP contribution in [0.25, 0.3) is 0 Å². The van der Waals surface area contributed by atoms with E-state index in [1.807, 2.05) is 0 Å². The van der Waals surface area contributed by atoms with Crippen molar-refractivity contribution in [2.45, 2.75) is 6.61 Å². The van der Waals surface area contributed by atoms with Gasteiger partial charge in [-0.1, -0.05) is 0 Å². The van der Waals surface area contributed by atoms with E-state index in [2.05, 4.69) is 4.74 Å². The molecule has 0 aliphatic carbocycles. The fourth-order valence-electron chi connectivity index (χ4n) is 1.35. The molecule has 5 heteroatoms. The minimum atomic E-state index is -2.87. The summed E-state index contributed by atoms with van der Waals surface area (Å²) >= 11 is 0. The molecule has 0 aliphatic heterocycles. The second-order valence-corrected chi connectivity index (χ2v) is 3.24. The molecule has 0 amide bonds. The van der Waals surface area contributed by atoms with Gasteiger partial charge in [0.05, 0.1) is 11.8 Å². The molecule has 2 rings (SSSR count). The van der Waals surface area contributed by atoms with Crippen LogP contribution in [-0.4, -0.2) is 12.4 Å². The topological polar surface area (TPSA) is 39.4 Å². The average molecular weight is 238 g/mol. The number of hydrogen-bond acceptors (Lipinski definition) is 3. The van der Waals surface area contributed by atoms with Crippen LogP contribution < -0.4 is 4.74 Å². The third-order valence-electron chi connectivity index (χ3n) is 2.13. The minimum absolute atomic E-state index is 0.0174. The molecule has 0 spiro atoms. The SMILES string of the molecule is O=C(c1ccc(OC(F)F)cc1)c1ccoc1. The molecule has 0 unspecified atom stereocenters. The summed E-state index contributed by atoms with van der Waals surface area (Å²) in [7, 11) is 0. The van der Waals surface area contributed by atoms with Crippen molar-refractivity contribution < 1.29 is 22.7 Å². The Labute approximate surface area is 95.6 Å². The fraction of sp³-hybridized carbons (Fsp3) is 0.0833. The van der Waals surface area contributed by atoms with Gasteiger partial charge in [0, 0.05) is 5.56 Å². The van der Waals surface area contributed by atoms with Gasteiger partial charge in [0.1, 0.15) is 12.0 Å². The summed E-state index contributed by atoms with van der Waals surface area (Å²) in [5, 5.41) is 0. The third kappa shape index (κ3) is 2.69. The third-order valence-corrected chi connectivity index (χ3v) is 2.13. The lowest BCUT2D eigenvalue weighted by molar-refractivity contribution is -0.0498. The molecule has 1 aromatic carbocycles. The van der Waals surface area contributed by atoms with Crippen LogP contribution in [0.5, 0.6) is 5.75 Å². The van der Waals surface area contributed by atoms with Gasteiger partial charge >= 0.3 is 6.61 Å². The molecule has 0 N–H and O–H groups in total. The van der Waals surface area contributed by atoms with Crippen molar-refractivity contribution in [1.82, 2.24) is 0 Å². The first-order chi connectivity index (χ1) is 8.16. The van der Waals surface area contributed by atoms with E-state index >= 15 is 0 Å². The molecule has 1 heterocycles. The van der Waals surface area contributed by atoms with Gasteiger partial charge in [-0.25, -0.2) is 0 Å². The van der Waals surface area contributed by atoms with E-state index < -0.39 is 6.61 Å². The molecule has 17 heavy (non-hydrogen) atoms. The molecule has 0 saturated carbocycles. The zero-order chi connectivity index (χ0) is 12.3. The molecule has 2 aromatic rings. The van der Waals surface area contributed by atoms with Gasteiger partial charge in [-0.2, -0.15) is 8.78 Å². The summed E-state index contributed by atoms with van der Waals surface area (Å²) in [5.74, 6) is -0.217. The van der Waals surface area contributed by atoms with Crippen molar-refractivity contribution in [2.75, 3.05) is 0 Å². The van der Waals surface area contributed by atoms with Gasteiger partial charge in [0.2, 0.25) is 0 Å². The maximum atomic E-state index is 11.9. The van der Waals surface area contributed by atoms with Crippen molar-refractivity contribution in [2.24, 2.45) is 0 Å². The highest BCUT2D eigenvalue weighted by Gasteiger charge is 2.11. The number of halogens is 2. The van der Waals surface area contributed by atoms with Crippen molar-refractivity contribution in [1.29, 1.82) is 0 Å². The van der Waals surface area contributed by atoms with Crippen LogP contribution in [-0.2, 0) is 0 Å². The Kier molecular flexibility index (Phi) is 3.18. The zero-order valence-electron chi connectivity index (χ0n) is 8.60. The number of ketones is 1. The maximum Gasteiger partial charge on any atom is 0.387 e. The van der Waals surface area contributed by atoms with E-state index in [4.69, 9.17) is 4.42 Å². The Morgan fingerprint density at radius 2 is 1.82 bits per heavy atom. The maximum absolute atomic E-state index is 11.9. The predicted octanol–water partition coefficient (Wildman–Crippen LogP) is 3.11. The van der Waals surface area contributed by atoms with E-state index in [1.165, 1.54) is 42.9 Å². The summed E-state index contributed by atoms with van der Waals surface area (Å²) < 4.78 is 32.8. The molecule has 0 saturated heterocycles. The number of furan rings is 1. The zero-order valence-corrected chi connectivity index (χ0v) is 8.60. The van der Waals surface area contributed by atoms with Crippen LogP contribution in [0.3, 0.4) is 0 Å². The summed E-state index contributed by atoms with van der Waals surface area (Å²) in [6.45, 7) is -2.87. The van der Waals surface area contributed by atoms with Gasteiger partial charge in [-0.3, -0.25) is 4.79 Å². The first-order valence-electron chi connectivity index (χ1n) is 4.78. The fourth-order valence-corrected chi connectivity index (χ4v) is 1.35. The van der Waals surface area contributed by atoms with Crippen LogP contribution in [0.2, 0.25) is 0 Å². The van der Waals surface area contributed by atoms with Crippen LogP contribution >= 0.6 is 0 Å². The second kappa shape index (κ2) is 4.78. The van der Waals surface area contributed by atoms with E-state index in [1.54, 1.807) is 0 Å². The number of hydrogen-bond donors (Lipinski definition) is 0. The van der Waals surface area contributed by atoms with Crippen molar-refractivity contribution in [3.8, 4) is 5.75 Å². The Balaban J connectivity index is 2.15. The largest absolute Gasteiger partial charge is 0.472 e. The lowest BCUT2D eigenvalue weighted by atomic mass is 10.1. The van der Waals surface area contributed by atoms with Gasteiger partial charge < -0.3 is 9.15 Å². The first-order valence-corrected chi connectivity index (χ1v) is 4.78. The Morgan fingerprint density at radius 1 is 1.12 bits per heavy atom. The van der Waals surface area contributed by atoms with Crippen LogP contribution in [0.15, 0.2) is 47.3 Å². The van der Waals surface area contributed by atoms with Gasteiger partial charge in [-0.15, -0.1) is 0 Å².